The van der Waals surface area contributed by atoms with E-state index in [-0.39, 0.29) is 0 Å². The summed E-state index contributed by atoms with van der Waals surface area (Å²) in [6, 6.07) is 0. The number of allylic oxidation sites excluding steroid dienone is 7. The highest BCUT2D eigenvalue weighted by molar-refractivity contribution is 6.10. The SMILES string of the molecule is C=C/C=C\C(=C/C=C)C(C=C)=NC=C. The van der Waals surface area contributed by atoms with Crippen molar-refractivity contribution in [1.29, 1.82) is 0 Å². The molecule has 0 heterocycles. The molecule has 0 aliphatic heterocycles. The van der Waals surface area contributed by atoms with Gasteiger partial charge in [-0.2, -0.15) is 0 Å². The van der Waals surface area contributed by atoms with Crippen LogP contribution in [0.2, 0.25) is 0 Å². The molecule has 0 aromatic carbocycles. The van der Waals surface area contributed by atoms with E-state index in [2.05, 4.69) is 31.3 Å². The fraction of sp³-hybridized carbons (Fsp3) is 0. The summed E-state index contributed by atoms with van der Waals surface area (Å²) in [5, 5.41) is 0. The van der Waals surface area contributed by atoms with Crippen molar-refractivity contribution in [3.05, 3.63) is 74.5 Å². The Bertz CT molecular complexity index is 314. The van der Waals surface area contributed by atoms with Crippen LogP contribution in [0.5, 0.6) is 0 Å². The van der Waals surface area contributed by atoms with Crippen LogP contribution < -0.4 is 0 Å². The summed E-state index contributed by atoms with van der Waals surface area (Å²) in [7, 11) is 0. The molecule has 0 bridgehead atoms. The van der Waals surface area contributed by atoms with Crippen molar-refractivity contribution in [2.75, 3.05) is 0 Å². The van der Waals surface area contributed by atoms with E-state index >= 15 is 0 Å². The van der Waals surface area contributed by atoms with Crippen LogP contribution in [0.1, 0.15) is 0 Å². The van der Waals surface area contributed by atoms with Crippen molar-refractivity contribution < 1.29 is 0 Å². The van der Waals surface area contributed by atoms with Gasteiger partial charge in [-0.05, 0) is 6.08 Å². The van der Waals surface area contributed by atoms with E-state index in [1.807, 2.05) is 18.2 Å². The maximum absolute atomic E-state index is 4.08. The molecule has 0 aliphatic rings. The second-order valence-corrected chi connectivity index (χ2v) is 2.35. The Hall–Kier alpha value is -1.89. The summed E-state index contributed by atoms with van der Waals surface area (Å²) in [5.74, 6) is 0. The van der Waals surface area contributed by atoms with Crippen LogP contribution in [0.4, 0.5) is 0 Å². The lowest BCUT2D eigenvalue weighted by molar-refractivity contribution is 1.56. The van der Waals surface area contributed by atoms with E-state index in [1.54, 1.807) is 18.2 Å². The fourth-order valence-corrected chi connectivity index (χ4v) is 0.868. The number of aliphatic imine (C=N–C) groups is 1. The quantitative estimate of drug-likeness (QED) is 0.443. The first kappa shape index (κ1) is 12.1. The van der Waals surface area contributed by atoms with Crippen molar-refractivity contribution in [1.82, 2.24) is 0 Å². The number of hydrogen-bond donors (Lipinski definition) is 0. The minimum Gasteiger partial charge on any atom is -0.257 e. The standard InChI is InChI=1S/C13H15N/c1-5-9-11-12(10-6-2)13(7-3)14-8-4/h5-11H,1-4H2/b11-9-,12-10+,14-13?. The van der Waals surface area contributed by atoms with Crippen molar-refractivity contribution in [3.63, 3.8) is 0 Å². The van der Waals surface area contributed by atoms with E-state index in [0.717, 1.165) is 11.3 Å². The van der Waals surface area contributed by atoms with Crippen molar-refractivity contribution >= 4 is 5.71 Å². The average molecular weight is 185 g/mol. The maximum Gasteiger partial charge on any atom is 0.0695 e. The number of rotatable bonds is 6. The largest absolute Gasteiger partial charge is 0.257 e. The number of hydrogen-bond acceptors (Lipinski definition) is 1. The molecule has 0 spiro atoms. The highest BCUT2D eigenvalue weighted by atomic mass is 14.7. The lowest BCUT2D eigenvalue weighted by atomic mass is 10.1. The van der Waals surface area contributed by atoms with Crippen molar-refractivity contribution in [2.45, 2.75) is 0 Å². The van der Waals surface area contributed by atoms with Crippen molar-refractivity contribution in [3.8, 4) is 0 Å². The van der Waals surface area contributed by atoms with E-state index in [9.17, 15) is 0 Å². The third-order valence-electron chi connectivity index (χ3n) is 1.43. The molecule has 14 heavy (non-hydrogen) atoms. The van der Waals surface area contributed by atoms with Gasteiger partial charge in [0.2, 0.25) is 0 Å². The van der Waals surface area contributed by atoms with E-state index in [1.165, 1.54) is 6.20 Å². The van der Waals surface area contributed by atoms with Crippen LogP contribution in [0, 0.1) is 0 Å². The van der Waals surface area contributed by atoms with Crippen LogP contribution >= 0.6 is 0 Å². The Balaban J connectivity index is 5.07. The van der Waals surface area contributed by atoms with E-state index in [4.69, 9.17) is 0 Å². The molecule has 0 rings (SSSR count). The molecule has 0 saturated heterocycles. The molecule has 0 fully saturated rings. The molecule has 0 N–H and O–H groups in total. The topological polar surface area (TPSA) is 12.4 Å². The molecular weight excluding hydrogens is 170 g/mol. The Morgan fingerprint density at radius 3 is 2.14 bits per heavy atom. The molecular formula is C13H15N. The predicted molar refractivity (Wildman–Crippen MR) is 65.4 cm³/mol. The highest BCUT2D eigenvalue weighted by Crippen LogP contribution is 2.03. The molecule has 0 saturated carbocycles. The van der Waals surface area contributed by atoms with E-state index < -0.39 is 0 Å². The summed E-state index contributed by atoms with van der Waals surface area (Å²) in [5.41, 5.74) is 1.69. The molecule has 0 atom stereocenters. The third-order valence-corrected chi connectivity index (χ3v) is 1.43. The molecule has 72 valence electrons. The Kier molecular flexibility index (Phi) is 6.70. The zero-order chi connectivity index (χ0) is 10.8. The molecule has 0 aromatic rings. The highest BCUT2D eigenvalue weighted by Gasteiger charge is 1.96. The van der Waals surface area contributed by atoms with Gasteiger partial charge in [-0.3, -0.25) is 4.99 Å². The lowest BCUT2D eigenvalue weighted by Gasteiger charge is -1.99. The average Bonchev–Trinajstić information content (AvgIpc) is 2.21. The maximum atomic E-state index is 4.08. The van der Waals surface area contributed by atoms with Crippen LogP contribution in [-0.4, -0.2) is 5.71 Å². The predicted octanol–water partition coefficient (Wildman–Crippen LogP) is 3.61. The summed E-state index contributed by atoms with van der Waals surface area (Å²) in [6.07, 6.45) is 12.1. The zero-order valence-corrected chi connectivity index (χ0v) is 8.32. The second-order valence-electron chi connectivity index (χ2n) is 2.35. The van der Waals surface area contributed by atoms with Gasteiger partial charge in [-0.1, -0.05) is 56.7 Å². The minimum absolute atomic E-state index is 0.762. The van der Waals surface area contributed by atoms with Gasteiger partial charge in [0.05, 0.1) is 5.71 Å². The first-order valence-corrected chi connectivity index (χ1v) is 4.23. The summed E-state index contributed by atoms with van der Waals surface area (Å²) < 4.78 is 0. The molecule has 0 aromatic heterocycles. The van der Waals surface area contributed by atoms with E-state index in [0.29, 0.717) is 0 Å². The van der Waals surface area contributed by atoms with Crippen molar-refractivity contribution in [2.24, 2.45) is 4.99 Å². The van der Waals surface area contributed by atoms with Gasteiger partial charge in [0, 0.05) is 11.8 Å². The van der Waals surface area contributed by atoms with Gasteiger partial charge in [0.1, 0.15) is 0 Å². The smallest absolute Gasteiger partial charge is 0.0695 e. The molecule has 0 unspecified atom stereocenters. The Morgan fingerprint density at radius 1 is 1.00 bits per heavy atom. The molecule has 0 aliphatic carbocycles. The van der Waals surface area contributed by atoms with Crippen LogP contribution in [0.3, 0.4) is 0 Å². The number of nitrogens with zero attached hydrogens (tertiary/aromatic N) is 1. The zero-order valence-electron chi connectivity index (χ0n) is 8.32. The third kappa shape index (κ3) is 4.21. The Morgan fingerprint density at radius 2 is 1.71 bits per heavy atom. The van der Waals surface area contributed by atoms with Gasteiger partial charge in [-0.25, -0.2) is 0 Å². The first-order valence-electron chi connectivity index (χ1n) is 4.23. The van der Waals surface area contributed by atoms with Gasteiger partial charge < -0.3 is 0 Å². The molecule has 1 nitrogen and oxygen atoms in total. The summed E-state index contributed by atoms with van der Waals surface area (Å²) >= 11 is 0. The van der Waals surface area contributed by atoms with Crippen LogP contribution in [-0.2, 0) is 0 Å². The first-order chi connectivity index (χ1) is 6.79. The normalized spacial score (nSPS) is 12.6. The second kappa shape index (κ2) is 7.74. The van der Waals surface area contributed by atoms with Gasteiger partial charge in [-0.15, -0.1) is 0 Å². The van der Waals surface area contributed by atoms with Gasteiger partial charge >= 0.3 is 0 Å². The molecule has 0 radical (unpaired) electrons. The molecule has 1 heteroatoms. The summed E-state index contributed by atoms with van der Waals surface area (Å²) in [4.78, 5) is 4.08. The van der Waals surface area contributed by atoms with Crippen LogP contribution in [0.15, 0.2) is 79.5 Å². The summed E-state index contributed by atoms with van der Waals surface area (Å²) in [6.45, 7) is 14.4. The monoisotopic (exact) mass is 185 g/mol. The fourth-order valence-electron chi connectivity index (χ4n) is 0.868. The van der Waals surface area contributed by atoms with Gasteiger partial charge in [0.25, 0.3) is 0 Å². The Labute approximate surface area is 85.9 Å². The lowest BCUT2D eigenvalue weighted by Crippen LogP contribution is -1.95. The van der Waals surface area contributed by atoms with Crippen LogP contribution in [0.25, 0.3) is 0 Å². The molecule has 0 amide bonds. The van der Waals surface area contributed by atoms with Gasteiger partial charge in [0.15, 0.2) is 0 Å². The minimum atomic E-state index is 0.762.